The summed E-state index contributed by atoms with van der Waals surface area (Å²) in [6.45, 7) is 0. The lowest BCUT2D eigenvalue weighted by Crippen LogP contribution is -2.22. The van der Waals surface area contributed by atoms with Crippen LogP contribution in [0.15, 0.2) is 24.3 Å². The van der Waals surface area contributed by atoms with E-state index in [1.165, 1.54) is 31.4 Å². The summed E-state index contributed by atoms with van der Waals surface area (Å²) in [6.07, 6.45) is 6.55. The molecule has 0 spiro atoms. The van der Waals surface area contributed by atoms with Crippen LogP contribution in [0.25, 0.3) is 0 Å². The molecular formula is C15H18NO3-. The Morgan fingerprint density at radius 3 is 2.32 bits per heavy atom. The Morgan fingerprint density at radius 2 is 1.74 bits per heavy atom. The third kappa shape index (κ3) is 4.09. The summed E-state index contributed by atoms with van der Waals surface area (Å²) < 4.78 is 0. The number of carbonyl (C=O) groups excluding carboxylic acids is 2. The summed E-state index contributed by atoms with van der Waals surface area (Å²) in [7, 11) is 0. The fourth-order valence-electron chi connectivity index (χ4n) is 2.56. The van der Waals surface area contributed by atoms with Crippen molar-refractivity contribution in [3.05, 3.63) is 29.8 Å². The van der Waals surface area contributed by atoms with Crippen molar-refractivity contribution in [1.29, 1.82) is 0 Å². The van der Waals surface area contributed by atoms with E-state index in [4.69, 9.17) is 0 Å². The maximum Gasteiger partial charge on any atom is 0.224 e. The van der Waals surface area contributed by atoms with Crippen LogP contribution >= 0.6 is 0 Å². The van der Waals surface area contributed by atoms with Gasteiger partial charge in [0.2, 0.25) is 5.91 Å². The van der Waals surface area contributed by atoms with Gasteiger partial charge in [-0.15, -0.1) is 0 Å². The summed E-state index contributed by atoms with van der Waals surface area (Å²) in [5.74, 6) is -0.704. The first-order valence-corrected chi connectivity index (χ1v) is 6.76. The van der Waals surface area contributed by atoms with E-state index in [-0.39, 0.29) is 11.5 Å². The number of amides is 1. The number of carboxylic acids is 1. The smallest absolute Gasteiger partial charge is 0.224 e. The number of nitrogens with one attached hydrogen (secondary N) is 1. The molecule has 1 N–H and O–H groups in total. The lowest BCUT2D eigenvalue weighted by molar-refractivity contribution is -0.255. The zero-order chi connectivity index (χ0) is 13.7. The van der Waals surface area contributed by atoms with Gasteiger partial charge in [0, 0.05) is 12.1 Å². The third-order valence-corrected chi connectivity index (χ3v) is 3.60. The van der Waals surface area contributed by atoms with Crippen LogP contribution in [0.3, 0.4) is 0 Å². The van der Waals surface area contributed by atoms with Gasteiger partial charge in [-0.1, -0.05) is 31.4 Å². The molecule has 0 radical (unpaired) electrons. The van der Waals surface area contributed by atoms with Crippen molar-refractivity contribution in [1.82, 2.24) is 0 Å². The second-order valence-corrected chi connectivity index (χ2v) is 5.12. The molecule has 19 heavy (non-hydrogen) atoms. The van der Waals surface area contributed by atoms with Gasteiger partial charge >= 0.3 is 0 Å². The number of benzene rings is 1. The molecular weight excluding hydrogens is 242 g/mol. The fraction of sp³-hybridized carbons (Fsp3) is 0.467. The largest absolute Gasteiger partial charge is 0.545 e. The van der Waals surface area contributed by atoms with Crippen LogP contribution in [-0.4, -0.2) is 11.9 Å². The quantitative estimate of drug-likeness (QED) is 0.899. The molecule has 0 bridgehead atoms. The van der Waals surface area contributed by atoms with Crippen LogP contribution < -0.4 is 10.4 Å². The molecule has 0 unspecified atom stereocenters. The molecule has 0 saturated heterocycles. The maximum atomic E-state index is 11.9. The molecule has 0 aromatic heterocycles. The molecule has 1 aromatic carbocycles. The molecule has 0 atom stereocenters. The second kappa shape index (κ2) is 6.36. The van der Waals surface area contributed by atoms with Crippen molar-refractivity contribution in [2.24, 2.45) is 5.92 Å². The average Bonchev–Trinajstić information content (AvgIpc) is 2.40. The van der Waals surface area contributed by atoms with Gasteiger partial charge in [0.05, 0.1) is 5.97 Å². The Bertz CT molecular complexity index is 447. The predicted molar refractivity (Wildman–Crippen MR) is 70.6 cm³/mol. The van der Waals surface area contributed by atoms with Gasteiger partial charge < -0.3 is 15.2 Å². The van der Waals surface area contributed by atoms with Crippen molar-refractivity contribution < 1.29 is 14.7 Å². The zero-order valence-electron chi connectivity index (χ0n) is 10.9. The first-order valence-electron chi connectivity index (χ1n) is 6.76. The molecule has 1 amide bonds. The van der Waals surface area contributed by atoms with Crippen LogP contribution in [0, 0.1) is 5.92 Å². The Kier molecular flexibility index (Phi) is 4.55. The molecule has 1 aromatic rings. The minimum absolute atomic E-state index is 0.00750. The number of hydrogen-bond acceptors (Lipinski definition) is 3. The lowest BCUT2D eigenvalue weighted by atomic mass is 9.87. The van der Waals surface area contributed by atoms with Crippen LogP contribution in [0.2, 0.25) is 0 Å². The third-order valence-electron chi connectivity index (χ3n) is 3.60. The Labute approximate surface area is 112 Å². The van der Waals surface area contributed by atoms with Crippen molar-refractivity contribution in [2.45, 2.75) is 38.5 Å². The molecule has 1 aliphatic carbocycles. The van der Waals surface area contributed by atoms with Gasteiger partial charge in [0.1, 0.15) is 0 Å². The van der Waals surface area contributed by atoms with Crippen LogP contribution in [0.5, 0.6) is 0 Å². The molecule has 4 heteroatoms. The van der Waals surface area contributed by atoms with Gasteiger partial charge in [-0.05, 0) is 36.5 Å². The van der Waals surface area contributed by atoms with E-state index in [0.717, 1.165) is 12.8 Å². The van der Waals surface area contributed by atoms with E-state index in [2.05, 4.69) is 5.32 Å². The first kappa shape index (κ1) is 13.6. The zero-order valence-corrected chi connectivity index (χ0v) is 10.9. The molecule has 0 heterocycles. The SMILES string of the molecule is O=C(CC1CCCCC1)Nc1ccc(C(=O)[O-])cc1. The predicted octanol–water partition coefficient (Wildman–Crippen LogP) is 1.96. The maximum absolute atomic E-state index is 11.9. The molecule has 0 aliphatic heterocycles. The number of aromatic carboxylic acids is 1. The molecule has 4 nitrogen and oxygen atoms in total. The van der Waals surface area contributed by atoms with E-state index >= 15 is 0 Å². The molecule has 1 fully saturated rings. The molecule has 1 aliphatic rings. The van der Waals surface area contributed by atoms with Gasteiger partial charge in [0.15, 0.2) is 0 Å². The van der Waals surface area contributed by atoms with E-state index in [0.29, 0.717) is 18.0 Å². The highest BCUT2D eigenvalue weighted by atomic mass is 16.4. The number of anilines is 1. The van der Waals surface area contributed by atoms with E-state index in [9.17, 15) is 14.7 Å². The number of carboxylic acid groups (broad SMARTS) is 1. The van der Waals surface area contributed by atoms with E-state index in [1.807, 2.05) is 0 Å². The number of carbonyl (C=O) groups is 2. The van der Waals surface area contributed by atoms with Crippen LogP contribution in [0.1, 0.15) is 48.9 Å². The van der Waals surface area contributed by atoms with Crippen molar-refractivity contribution in [3.8, 4) is 0 Å². The van der Waals surface area contributed by atoms with Crippen molar-refractivity contribution >= 4 is 17.6 Å². The summed E-state index contributed by atoms with van der Waals surface area (Å²) in [6, 6.07) is 6.05. The molecule has 2 rings (SSSR count). The highest BCUT2D eigenvalue weighted by Gasteiger charge is 2.16. The minimum Gasteiger partial charge on any atom is -0.545 e. The normalized spacial score (nSPS) is 16.0. The second-order valence-electron chi connectivity index (χ2n) is 5.12. The summed E-state index contributed by atoms with van der Waals surface area (Å²) in [5.41, 5.74) is 0.746. The number of rotatable bonds is 4. The summed E-state index contributed by atoms with van der Waals surface area (Å²) in [5, 5.41) is 13.4. The minimum atomic E-state index is -1.21. The first-order chi connectivity index (χ1) is 9.15. The van der Waals surface area contributed by atoms with E-state index in [1.54, 1.807) is 12.1 Å². The van der Waals surface area contributed by atoms with Crippen molar-refractivity contribution in [2.75, 3.05) is 5.32 Å². The topological polar surface area (TPSA) is 69.2 Å². The fourth-order valence-corrected chi connectivity index (χ4v) is 2.56. The summed E-state index contributed by atoms with van der Waals surface area (Å²) in [4.78, 5) is 22.5. The molecule has 102 valence electrons. The van der Waals surface area contributed by atoms with Gasteiger partial charge in [-0.2, -0.15) is 0 Å². The van der Waals surface area contributed by atoms with E-state index < -0.39 is 5.97 Å². The summed E-state index contributed by atoms with van der Waals surface area (Å²) >= 11 is 0. The number of hydrogen-bond donors (Lipinski definition) is 1. The van der Waals surface area contributed by atoms with Gasteiger partial charge in [-0.25, -0.2) is 0 Å². The van der Waals surface area contributed by atoms with Crippen LogP contribution in [-0.2, 0) is 4.79 Å². The lowest BCUT2D eigenvalue weighted by Gasteiger charge is -2.20. The Morgan fingerprint density at radius 1 is 1.11 bits per heavy atom. The standard InChI is InChI=1S/C15H19NO3/c17-14(10-11-4-2-1-3-5-11)16-13-8-6-12(7-9-13)15(18)19/h6-9,11H,1-5,10H2,(H,16,17)(H,18,19)/p-1. The Balaban J connectivity index is 1.85. The van der Waals surface area contributed by atoms with Crippen LogP contribution in [0.4, 0.5) is 5.69 Å². The van der Waals surface area contributed by atoms with Gasteiger partial charge in [-0.3, -0.25) is 4.79 Å². The molecule has 1 saturated carbocycles. The Hall–Kier alpha value is -1.84. The monoisotopic (exact) mass is 260 g/mol. The van der Waals surface area contributed by atoms with Crippen molar-refractivity contribution in [3.63, 3.8) is 0 Å². The highest BCUT2D eigenvalue weighted by Crippen LogP contribution is 2.26. The van der Waals surface area contributed by atoms with Gasteiger partial charge in [0.25, 0.3) is 0 Å². The average molecular weight is 260 g/mol. The highest BCUT2D eigenvalue weighted by molar-refractivity contribution is 5.92.